The highest BCUT2D eigenvalue weighted by Crippen LogP contribution is 2.36. The van der Waals surface area contributed by atoms with Gasteiger partial charge >= 0.3 is 0 Å². The quantitative estimate of drug-likeness (QED) is 0.900. The van der Waals surface area contributed by atoms with E-state index < -0.39 is 5.91 Å². The van der Waals surface area contributed by atoms with Gasteiger partial charge in [-0.2, -0.15) is 0 Å². The number of hydrogen-bond acceptors (Lipinski definition) is 4. The minimum absolute atomic E-state index is 0.215. The molecule has 1 aromatic carbocycles. The number of nitrogens with zero attached hydrogens (tertiary/aromatic N) is 1. The number of primary amides is 1. The number of nitrogens with two attached hydrogens (primary N) is 1. The summed E-state index contributed by atoms with van der Waals surface area (Å²) in [7, 11) is 2.04. The van der Waals surface area contributed by atoms with Gasteiger partial charge in [0.2, 0.25) is 0 Å². The number of hydrogen-bond donors (Lipinski definition) is 2. The normalized spacial score (nSPS) is 14.3. The number of rotatable bonds is 3. The molecule has 24 heavy (non-hydrogen) atoms. The van der Waals surface area contributed by atoms with E-state index >= 15 is 0 Å². The van der Waals surface area contributed by atoms with Crippen molar-refractivity contribution < 1.29 is 9.59 Å². The molecule has 0 spiro atoms. The van der Waals surface area contributed by atoms with Crippen LogP contribution in [0.25, 0.3) is 0 Å². The molecule has 0 aliphatic carbocycles. The Morgan fingerprint density at radius 1 is 1.25 bits per heavy atom. The molecule has 0 atom stereocenters. The largest absolute Gasteiger partial charge is 0.365 e. The maximum atomic E-state index is 12.6. The van der Waals surface area contributed by atoms with Crippen molar-refractivity contribution in [3.8, 4) is 0 Å². The van der Waals surface area contributed by atoms with Crippen molar-refractivity contribution in [2.24, 2.45) is 5.73 Å². The highest BCUT2D eigenvalue weighted by Gasteiger charge is 2.26. The lowest BCUT2D eigenvalue weighted by Gasteiger charge is -2.22. The summed E-state index contributed by atoms with van der Waals surface area (Å²) < 4.78 is 0. The van der Waals surface area contributed by atoms with Gasteiger partial charge in [0.05, 0.1) is 5.56 Å². The fourth-order valence-corrected chi connectivity index (χ4v) is 4.27. The maximum absolute atomic E-state index is 12.6. The van der Waals surface area contributed by atoms with Crippen molar-refractivity contribution in [3.63, 3.8) is 0 Å². The van der Waals surface area contributed by atoms with Gasteiger partial charge in [-0.1, -0.05) is 6.07 Å². The third kappa shape index (κ3) is 3.07. The van der Waals surface area contributed by atoms with Crippen molar-refractivity contribution >= 4 is 28.2 Å². The van der Waals surface area contributed by atoms with Crippen LogP contribution in [-0.4, -0.2) is 30.3 Å². The molecular weight excluding hydrogens is 322 g/mol. The highest BCUT2D eigenvalue weighted by molar-refractivity contribution is 7.17. The van der Waals surface area contributed by atoms with E-state index in [1.165, 1.54) is 11.3 Å². The second-order valence-corrected chi connectivity index (χ2v) is 7.42. The third-order valence-electron chi connectivity index (χ3n) is 4.49. The Bertz CT molecular complexity index is 826. The zero-order valence-electron chi connectivity index (χ0n) is 14.1. The SMILES string of the molecule is Cc1ccc(C(=O)Nc2sc3c(c2C(N)=O)CCN(C)C3)cc1C. The number of fused-ring (bicyclic) bond motifs is 1. The Morgan fingerprint density at radius 3 is 2.67 bits per heavy atom. The highest BCUT2D eigenvalue weighted by atomic mass is 32.1. The molecule has 3 rings (SSSR count). The first-order chi connectivity index (χ1) is 11.4. The molecule has 0 fully saturated rings. The predicted octanol–water partition coefficient (Wildman–Crippen LogP) is 2.70. The summed E-state index contributed by atoms with van der Waals surface area (Å²) in [6.45, 7) is 5.64. The van der Waals surface area contributed by atoms with Gasteiger partial charge in [0.15, 0.2) is 0 Å². The number of benzene rings is 1. The molecule has 2 aromatic rings. The first kappa shape index (κ1) is 16.7. The lowest BCUT2D eigenvalue weighted by molar-refractivity contribution is 0.1000. The molecule has 0 saturated heterocycles. The minimum atomic E-state index is -0.479. The molecule has 1 aromatic heterocycles. The summed E-state index contributed by atoms with van der Waals surface area (Å²) >= 11 is 1.45. The Morgan fingerprint density at radius 2 is 2.00 bits per heavy atom. The first-order valence-electron chi connectivity index (χ1n) is 7.88. The number of thiophene rings is 1. The molecule has 1 aliphatic rings. The van der Waals surface area contributed by atoms with E-state index in [-0.39, 0.29) is 5.91 Å². The fraction of sp³-hybridized carbons (Fsp3) is 0.333. The van der Waals surface area contributed by atoms with E-state index in [9.17, 15) is 9.59 Å². The minimum Gasteiger partial charge on any atom is -0.365 e. The van der Waals surface area contributed by atoms with Crippen LogP contribution in [0.15, 0.2) is 18.2 Å². The summed E-state index contributed by atoms with van der Waals surface area (Å²) in [5, 5.41) is 3.45. The van der Waals surface area contributed by atoms with Gasteiger partial charge in [0.25, 0.3) is 11.8 Å². The Labute approximate surface area is 145 Å². The standard InChI is InChI=1S/C18H21N3O2S/c1-10-4-5-12(8-11(10)2)17(23)20-18-15(16(19)22)13-6-7-21(3)9-14(13)24-18/h4-5,8H,6-7,9H2,1-3H3,(H2,19,22)(H,20,23). The van der Waals surface area contributed by atoms with Crippen LogP contribution in [0.2, 0.25) is 0 Å². The molecular formula is C18H21N3O2S. The van der Waals surface area contributed by atoms with Crippen molar-refractivity contribution in [3.05, 3.63) is 50.9 Å². The molecule has 0 bridgehead atoms. The number of anilines is 1. The third-order valence-corrected chi connectivity index (χ3v) is 5.62. The van der Waals surface area contributed by atoms with Gasteiger partial charge in [-0.25, -0.2) is 0 Å². The Balaban J connectivity index is 1.93. The van der Waals surface area contributed by atoms with Crippen LogP contribution in [-0.2, 0) is 13.0 Å². The Hall–Kier alpha value is -2.18. The molecule has 0 unspecified atom stereocenters. The van der Waals surface area contributed by atoms with Crippen LogP contribution in [0.4, 0.5) is 5.00 Å². The van der Waals surface area contributed by atoms with Crippen LogP contribution in [0.3, 0.4) is 0 Å². The number of carbonyl (C=O) groups is 2. The predicted molar refractivity (Wildman–Crippen MR) is 96.7 cm³/mol. The molecule has 126 valence electrons. The average Bonchev–Trinajstić information content (AvgIpc) is 2.86. The summed E-state index contributed by atoms with van der Waals surface area (Å²) in [5.74, 6) is -0.694. The lowest BCUT2D eigenvalue weighted by atomic mass is 10.0. The van der Waals surface area contributed by atoms with E-state index in [0.717, 1.165) is 41.1 Å². The molecule has 2 heterocycles. The van der Waals surface area contributed by atoms with Gasteiger partial charge in [0.1, 0.15) is 5.00 Å². The van der Waals surface area contributed by atoms with E-state index in [4.69, 9.17) is 5.73 Å². The number of aryl methyl sites for hydroxylation is 2. The first-order valence-corrected chi connectivity index (χ1v) is 8.70. The smallest absolute Gasteiger partial charge is 0.256 e. The van der Waals surface area contributed by atoms with E-state index in [0.29, 0.717) is 16.1 Å². The molecule has 5 nitrogen and oxygen atoms in total. The summed E-state index contributed by atoms with van der Waals surface area (Å²) in [6.07, 6.45) is 0.778. The topological polar surface area (TPSA) is 75.4 Å². The Kier molecular flexibility index (Phi) is 4.43. The lowest BCUT2D eigenvalue weighted by Crippen LogP contribution is -2.27. The fourth-order valence-electron chi connectivity index (χ4n) is 2.94. The van der Waals surface area contributed by atoms with E-state index in [1.54, 1.807) is 6.07 Å². The number of amides is 2. The van der Waals surface area contributed by atoms with Crippen LogP contribution >= 0.6 is 11.3 Å². The van der Waals surface area contributed by atoms with Gasteiger partial charge < -0.3 is 16.0 Å². The number of carbonyl (C=O) groups excluding carboxylic acids is 2. The molecule has 2 amide bonds. The van der Waals surface area contributed by atoms with Crippen LogP contribution < -0.4 is 11.1 Å². The van der Waals surface area contributed by atoms with Crippen molar-refractivity contribution in [1.82, 2.24) is 4.90 Å². The summed E-state index contributed by atoms with van der Waals surface area (Å²) in [5.41, 5.74) is 9.82. The van der Waals surface area contributed by atoms with Gasteiger partial charge in [-0.3, -0.25) is 9.59 Å². The summed E-state index contributed by atoms with van der Waals surface area (Å²) in [4.78, 5) is 27.8. The van der Waals surface area contributed by atoms with Crippen LogP contribution in [0, 0.1) is 13.8 Å². The van der Waals surface area contributed by atoms with Crippen molar-refractivity contribution in [1.29, 1.82) is 0 Å². The number of likely N-dealkylation sites (N-methyl/N-ethyl adjacent to an activating group) is 1. The van der Waals surface area contributed by atoms with Crippen molar-refractivity contribution in [2.75, 3.05) is 18.9 Å². The van der Waals surface area contributed by atoms with Gasteiger partial charge in [0, 0.05) is 23.5 Å². The maximum Gasteiger partial charge on any atom is 0.256 e. The van der Waals surface area contributed by atoms with E-state index in [1.807, 2.05) is 33.0 Å². The van der Waals surface area contributed by atoms with Crippen LogP contribution in [0.5, 0.6) is 0 Å². The average molecular weight is 343 g/mol. The molecule has 0 saturated carbocycles. The second-order valence-electron chi connectivity index (χ2n) is 6.31. The number of nitrogens with one attached hydrogen (secondary N) is 1. The zero-order chi connectivity index (χ0) is 17.4. The zero-order valence-corrected chi connectivity index (χ0v) is 14.9. The van der Waals surface area contributed by atoms with Gasteiger partial charge in [-0.05, 0) is 56.1 Å². The van der Waals surface area contributed by atoms with Crippen molar-refractivity contribution in [2.45, 2.75) is 26.8 Å². The van der Waals surface area contributed by atoms with E-state index in [2.05, 4.69) is 10.2 Å². The summed E-state index contributed by atoms with van der Waals surface area (Å²) in [6, 6.07) is 5.58. The monoisotopic (exact) mass is 343 g/mol. The van der Waals surface area contributed by atoms with Crippen LogP contribution in [0.1, 0.15) is 42.3 Å². The van der Waals surface area contributed by atoms with Gasteiger partial charge in [-0.15, -0.1) is 11.3 Å². The molecule has 6 heteroatoms. The second kappa shape index (κ2) is 6.37. The molecule has 0 radical (unpaired) electrons. The molecule has 1 aliphatic heterocycles. The molecule has 3 N–H and O–H groups in total.